The van der Waals surface area contributed by atoms with E-state index in [2.05, 4.69) is 15.9 Å². The van der Waals surface area contributed by atoms with E-state index in [-0.39, 0.29) is 5.82 Å². The fourth-order valence-electron chi connectivity index (χ4n) is 0.846. The summed E-state index contributed by atoms with van der Waals surface area (Å²) < 4.78 is 17.7. The van der Waals surface area contributed by atoms with Gasteiger partial charge in [0, 0.05) is 10.9 Å². The molecule has 0 fully saturated rings. The maximum absolute atomic E-state index is 12.9. The maximum atomic E-state index is 12.9. The van der Waals surface area contributed by atoms with Crippen LogP contribution in [0.5, 0.6) is 11.5 Å². The molecule has 0 aliphatic carbocycles. The maximum Gasteiger partial charge on any atom is 0.206 e. The third-order valence-corrected chi connectivity index (χ3v) is 2.06. The first-order valence-electron chi connectivity index (χ1n) is 2.88. The average molecular weight is 203 g/mol. The second kappa shape index (κ2) is 1.95. The number of alkyl halides is 1. The molecule has 0 radical (unpaired) electrons. The first-order chi connectivity index (χ1) is 4.83. The van der Waals surface area contributed by atoms with Gasteiger partial charge in [-0.1, -0.05) is 22.0 Å². The zero-order chi connectivity index (χ0) is 7.14. The Kier molecular flexibility index (Phi) is 1.20. The summed E-state index contributed by atoms with van der Waals surface area (Å²) in [5, 5.41) is 0.537. The Hall–Kier alpha value is -0.570. The molecule has 0 N–H and O–H groups in total. The van der Waals surface area contributed by atoms with Gasteiger partial charge in [-0.25, -0.2) is 4.39 Å². The van der Waals surface area contributed by atoms with Crippen LogP contribution in [-0.4, -0.2) is 0 Å². The van der Waals surface area contributed by atoms with E-state index >= 15 is 0 Å². The van der Waals surface area contributed by atoms with Crippen LogP contribution in [0.25, 0.3) is 0 Å². The molecule has 0 saturated heterocycles. The first kappa shape index (κ1) is 6.16. The molecule has 1 aromatic rings. The van der Waals surface area contributed by atoms with E-state index in [1.807, 2.05) is 0 Å². The van der Waals surface area contributed by atoms with Gasteiger partial charge < -0.3 is 4.74 Å². The number of ether oxygens (including phenoxy) is 1. The number of fused-ring (bicyclic) bond motifs is 1. The molecule has 0 aromatic heterocycles. The van der Waals surface area contributed by atoms with Crippen LogP contribution < -0.4 is 4.74 Å². The standard InChI is InChI=1S/C7H4BrFO/c8-3-4-1-2-5-7(10-5)6(4)9/h1-2H,3H2. The predicted molar refractivity (Wildman–Crippen MR) is 39.1 cm³/mol. The highest BCUT2D eigenvalue weighted by atomic mass is 79.9. The van der Waals surface area contributed by atoms with Gasteiger partial charge in [0.15, 0.2) is 11.6 Å². The first-order valence-corrected chi connectivity index (χ1v) is 4.00. The molecule has 0 atom stereocenters. The molecule has 1 aromatic carbocycles. The Balaban J connectivity index is 2.54. The van der Waals surface area contributed by atoms with Crippen LogP contribution in [0.3, 0.4) is 0 Å². The van der Waals surface area contributed by atoms with Gasteiger partial charge in [-0.15, -0.1) is 0 Å². The summed E-state index contributed by atoms with van der Waals surface area (Å²) in [6, 6.07) is 3.49. The van der Waals surface area contributed by atoms with Gasteiger partial charge in [-0.3, -0.25) is 0 Å². The van der Waals surface area contributed by atoms with Crippen molar-refractivity contribution in [3.63, 3.8) is 0 Å². The van der Waals surface area contributed by atoms with Crippen molar-refractivity contribution in [3.8, 4) is 11.5 Å². The van der Waals surface area contributed by atoms with Crippen molar-refractivity contribution < 1.29 is 9.13 Å². The molecule has 1 aliphatic rings. The van der Waals surface area contributed by atoms with Crippen molar-refractivity contribution >= 4 is 15.9 Å². The lowest BCUT2D eigenvalue weighted by atomic mass is 10.2. The molecule has 52 valence electrons. The Labute approximate surface area is 65.9 Å². The SMILES string of the molecule is Fc1c(CBr)ccc2c1O2. The minimum atomic E-state index is -0.227. The summed E-state index contributed by atoms with van der Waals surface area (Å²) in [7, 11) is 0. The highest BCUT2D eigenvalue weighted by Gasteiger charge is 2.26. The monoisotopic (exact) mass is 202 g/mol. The van der Waals surface area contributed by atoms with Crippen LogP contribution in [0.1, 0.15) is 5.56 Å². The topological polar surface area (TPSA) is 12.5 Å². The van der Waals surface area contributed by atoms with E-state index in [1.165, 1.54) is 0 Å². The molecule has 0 spiro atoms. The van der Waals surface area contributed by atoms with Crippen molar-refractivity contribution in [2.45, 2.75) is 5.33 Å². The van der Waals surface area contributed by atoms with Crippen molar-refractivity contribution in [1.29, 1.82) is 0 Å². The molecule has 0 amide bonds. The Bertz CT molecular complexity index is 285. The van der Waals surface area contributed by atoms with Gasteiger partial charge in [-0.2, -0.15) is 0 Å². The van der Waals surface area contributed by atoms with Gasteiger partial charge in [0.2, 0.25) is 5.75 Å². The van der Waals surface area contributed by atoms with Crippen LogP contribution >= 0.6 is 15.9 Å². The van der Waals surface area contributed by atoms with Gasteiger partial charge >= 0.3 is 0 Å². The lowest BCUT2D eigenvalue weighted by molar-refractivity contribution is 0.566. The number of rotatable bonds is 1. The van der Waals surface area contributed by atoms with Gasteiger partial charge in [0.25, 0.3) is 0 Å². The van der Waals surface area contributed by atoms with Gasteiger partial charge in [0.1, 0.15) is 0 Å². The average Bonchev–Trinajstić information content (AvgIpc) is 2.68. The fourth-order valence-corrected chi connectivity index (χ4v) is 1.28. The molecule has 0 saturated carbocycles. The Morgan fingerprint density at radius 1 is 1.50 bits per heavy atom. The van der Waals surface area contributed by atoms with Crippen molar-refractivity contribution in [2.24, 2.45) is 0 Å². The van der Waals surface area contributed by atoms with E-state index < -0.39 is 0 Å². The number of hydrogen-bond acceptors (Lipinski definition) is 1. The second-order valence-electron chi connectivity index (χ2n) is 2.10. The second-order valence-corrected chi connectivity index (χ2v) is 2.66. The lowest BCUT2D eigenvalue weighted by Gasteiger charge is -1.90. The van der Waals surface area contributed by atoms with E-state index in [0.29, 0.717) is 22.4 Å². The van der Waals surface area contributed by atoms with Crippen molar-refractivity contribution in [3.05, 3.63) is 23.5 Å². The van der Waals surface area contributed by atoms with E-state index in [0.717, 1.165) is 0 Å². The quantitative estimate of drug-likeness (QED) is 0.512. The molecule has 0 unspecified atom stereocenters. The number of hydrogen-bond donors (Lipinski definition) is 0. The van der Waals surface area contributed by atoms with Crippen LogP contribution in [0.15, 0.2) is 12.1 Å². The summed E-state index contributed by atoms with van der Waals surface area (Å²) in [4.78, 5) is 0. The van der Waals surface area contributed by atoms with Crippen molar-refractivity contribution in [2.75, 3.05) is 0 Å². The molecule has 1 heterocycles. The summed E-state index contributed by atoms with van der Waals surface area (Å²) in [5.74, 6) is 0.855. The van der Waals surface area contributed by atoms with Crippen LogP contribution in [0, 0.1) is 5.82 Å². The van der Waals surface area contributed by atoms with Gasteiger partial charge in [-0.05, 0) is 6.07 Å². The van der Waals surface area contributed by atoms with Crippen LogP contribution in [0.2, 0.25) is 0 Å². The minimum Gasteiger partial charge on any atom is -0.446 e. The smallest absolute Gasteiger partial charge is 0.206 e. The molecular weight excluding hydrogens is 199 g/mol. The third-order valence-electron chi connectivity index (χ3n) is 1.46. The van der Waals surface area contributed by atoms with E-state index in [4.69, 9.17) is 4.74 Å². The molecule has 10 heavy (non-hydrogen) atoms. The molecule has 1 aliphatic heterocycles. The summed E-state index contributed by atoms with van der Waals surface area (Å²) in [5.41, 5.74) is 0.649. The summed E-state index contributed by atoms with van der Waals surface area (Å²) >= 11 is 3.17. The number of halogens is 2. The molecule has 3 heteroatoms. The third kappa shape index (κ3) is 0.736. The number of benzene rings is 1. The molecule has 0 bridgehead atoms. The van der Waals surface area contributed by atoms with E-state index in [9.17, 15) is 4.39 Å². The highest BCUT2D eigenvalue weighted by molar-refractivity contribution is 9.08. The summed E-state index contributed by atoms with van der Waals surface area (Å²) in [6.07, 6.45) is 0. The zero-order valence-electron chi connectivity index (χ0n) is 5.03. The fraction of sp³-hybridized carbons (Fsp3) is 0.143. The molecule has 1 nitrogen and oxygen atoms in total. The summed E-state index contributed by atoms with van der Waals surface area (Å²) in [6.45, 7) is 0. The normalized spacial score (nSPS) is 12.2. The van der Waals surface area contributed by atoms with Gasteiger partial charge in [0.05, 0.1) is 0 Å². The Morgan fingerprint density at radius 2 is 2.30 bits per heavy atom. The predicted octanol–water partition coefficient (Wildman–Crippen LogP) is 2.83. The van der Waals surface area contributed by atoms with Crippen LogP contribution in [0.4, 0.5) is 4.39 Å². The Morgan fingerprint density at radius 3 is 3.00 bits per heavy atom. The van der Waals surface area contributed by atoms with E-state index in [1.54, 1.807) is 12.1 Å². The highest BCUT2D eigenvalue weighted by Crippen LogP contribution is 2.48. The molecule has 2 rings (SSSR count). The lowest BCUT2D eigenvalue weighted by Crippen LogP contribution is -1.78. The van der Waals surface area contributed by atoms with Crippen LogP contribution in [-0.2, 0) is 5.33 Å². The van der Waals surface area contributed by atoms with Crippen molar-refractivity contribution in [1.82, 2.24) is 0 Å². The molecular formula is C7H4BrFO. The zero-order valence-corrected chi connectivity index (χ0v) is 6.61. The minimum absolute atomic E-state index is 0.227. The largest absolute Gasteiger partial charge is 0.446 e.